The summed E-state index contributed by atoms with van der Waals surface area (Å²) in [5, 5.41) is 13.3. The lowest BCUT2D eigenvalue weighted by molar-refractivity contribution is 0.0460. The molecule has 0 aliphatic rings. The second kappa shape index (κ2) is 5.93. The number of hydrogen-bond acceptors (Lipinski definition) is 5. The Labute approximate surface area is 109 Å². The van der Waals surface area contributed by atoms with E-state index >= 15 is 0 Å². The Morgan fingerprint density at radius 3 is 2.67 bits per heavy atom. The van der Waals surface area contributed by atoms with Crippen molar-refractivity contribution in [3.8, 4) is 5.75 Å². The number of ether oxygens (including phenoxy) is 1. The molecule has 1 aromatic rings. The van der Waals surface area contributed by atoms with E-state index in [1.54, 1.807) is 20.1 Å². The number of para-hydroxylation sites is 1. The minimum Gasteiger partial charge on any atom is -0.495 e. The normalized spacial score (nSPS) is 14.3. The number of nitrogens with one attached hydrogen (secondary N) is 1. The number of aliphatic hydroxyl groups is 1. The van der Waals surface area contributed by atoms with Gasteiger partial charge in [0.25, 0.3) is 0 Å². The number of nitrogens with zero attached hydrogens (tertiary/aromatic N) is 1. The molecular weight excluding hydrogens is 230 g/mol. The number of methoxy groups -OCH3 is 1. The third-order valence-electron chi connectivity index (χ3n) is 2.60. The van der Waals surface area contributed by atoms with Crippen LogP contribution in [0.5, 0.6) is 5.75 Å². The molecule has 0 radical (unpaired) electrons. The van der Waals surface area contributed by atoms with Crippen molar-refractivity contribution in [1.29, 1.82) is 0 Å². The molecule has 18 heavy (non-hydrogen) atoms. The summed E-state index contributed by atoms with van der Waals surface area (Å²) in [6.45, 7) is 2.78. The summed E-state index contributed by atoms with van der Waals surface area (Å²) in [6.07, 6.45) is 0. The van der Waals surface area contributed by atoms with Crippen LogP contribution in [0.15, 0.2) is 18.2 Å². The average molecular weight is 253 g/mol. The third kappa shape index (κ3) is 4.09. The zero-order valence-electron chi connectivity index (χ0n) is 11.5. The van der Waals surface area contributed by atoms with Gasteiger partial charge in [-0.2, -0.15) is 0 Å². The van der Waals surface area contributed by atoms with Crippen molar-refractivity contribution in [1.82, 2.24) is 4.90 Å². The molecule has 1 rings (SSSR count). The summed E-state index contributed by atoms with van der Waals surface area (Å²) >= 11 is 0. The first-order chi connectivity index (χ1) is 8.35. The number of hydrogen-bond donors (Lipinski definition) is 3. The molecule has 0 aromatic heterocycles. The Morgan fingerprint density at radius 2 is 2.11 bits per heavy atom. The van der Waals surface area contributed by atoms with Gasteiger partial charge in [0.1, 0.15) is 5.75 Å². The Balaban J connectivity index is 2.69. The maximum absolute atomic E-state index is 10.2. The largest absolute Gasteiger partial charge is 0.495 e. The third-order valence-corrected chi connectivity index (χ3v) is 2.60. The van der Waals surface area contributed by atoms with Gasteiger partial charge in [0.05, 0.1) is 24.1 Å². The molecule has 1 atom stereocenters. The summed E-state index contributed by atoms with van der Waals surface area (Å²) in [4.78, 5) is 1.94. The standard InChI is InChI=1S/C13H23N3O2/c1-13(17,9-16(2)3)8-15-10-6-5-7-11(18-4)12(10)14/h5-7,15,17H,8-9,14H2,1-4H3. The highest BCUT2D eigenvalue weighted by atomic mass is 16.5. The number of likely N-dealkylation sites (N-methyl/N-ethyl adjacent to an activating group) is 1. The van der Waals surface area contributed by atoms with Gasteiger partial charge in [-0.1, -0.05) is 6.07 Å². The average Bonchev–Trinajstić information content (AvgIpc) is 2.26. The molecule has 0 saturated heterocycles. The first-order valence-electron chi connectivity index (χ1n) is 5.89. The first-order valence-corrected chi connectivity index (χ1v) is 5.89. The van der Waals surface area contributed by atoms with Gasteiger partial charge in [0, 0.05) is 13.1 Å². The van der Waals surface area contributed by atoms with Crippen LogP contribution in [0.25, 0.3) is 0 Å². The zero-order valence-corrected chi connectivity index (χ0v) is 11.5. The van der Waals surface area contributed by atoms with Crippen LogP contribution in [0.2, 0.25) is 0 Å². The van der Waals surface area contributed by atoms with E-state index in [-0.39, 0.29) is 0 Å². The summed E-state index contributed by atoms with van der Waals surface area (Å²) in [6, 6.07) is 5.53. The summed E-state index contributed by atoms with van der Waals surface area (Å²) in [7, 11) is 5.43. The fourth-order valence-electron chi connectivity index (χ4n) is 1.90. The molecule has 0 amide bonds. The van der Waals surface area contributed by atoms with Crippen molar-refractivity contribution in [3.05, 3.63) is 18.2 Å². The lowest BCUT2D eigenvalue weighted by atomic mass is 10.1. The number of benzene rings is 1. The van der Waals surface area contributed by atoms with Crippen LogP contribution < -0.4 is 15.8 Å². The maximum Gasteiger partial charge on any atom is 0.143 e. The van der Waals surface area contributed by atoms with Crippen LogP contribution in [-0.2, 0) is 0 Å². The van der Waals surface area contributed by atoms with Gasteiger partial charge in [-0.15, -0.1) is 0 Å². The van der Waals surface area contributed by atoms with Crippen molar-refractivity contribution in [2.24, 2.45) is 0 Å². The second-order valence-corrected chi connectivity index (χ2v) is 5.01. The van der Waals surface area contributed by atoms with Gasteiger partial charge in [-0.05, 0) is 33.2 Å². The number of rotatable bonds is 6. The van der Waals surface area contributed by atoms with Gasteiger partial charge < -0.3 is 25.8 Å². The number of nitrogen functional groups attached to an aromatic ring is 1. The SMILES string of the molecule is COc1cccc(NCC(C)(O)CN(C)C)c1N. The van der Waals surface area contributed by atoms with Crippen molar-refractivity contribution in [2.45, 2.75) is 12.5 Å². The predicted octanol–water partition coefficient (Wildman–Crippen LogP) is 1.00. The lowest BCUT2D eigenvalue weighted by Crippen LogP contribution is -2.43. The van der Waals surface area contributed by atoms with Crippen molar-refractivity contribution < 1.29 is 9.84 Å². The van der Waals surface area contributed by atoms with E-state index in [4.69, 9.17) is 10.5 Å². The van der Waals surface area contributed by atoms with Crippen molar-refractivity contribution >= 4 is 11.4 Å². The highest BCUT2D eigenvalue weighted by Crippen LogP contribution is 2.29. The molecule has 0 saturated carbocycles. The smallest absolute Gasteiger partial charge is 0.143 e. The molecule has 1 aromatic carbocycles. The van der Waals surface area contributed by atoms with Gasteiger partial charge in [0.15, 0.2) is 0 Å². The lowest BCUT2D eigenvalue weighted by Gasteiger charge is -2.28. The quantitative estimate of drug-likeness (QED) is 0.660. The van der Waals surface area contributed by atoms with E-state index in [2.05, 4.69) is 5.32 Å². The molecule has 0 heterocycles. The molecule has 5 nitrogen and oxygen atoms in total. The Bertz CT molecular complexity index is 392. The molecule has 0 fully saturated rings. The van der Waals surface area contributed by atoms with Crippen LogP contribution in [0.1, 0.15) is 6.92 Å². The van der Waals surface area contributed by atoms with Gasteiger partial charge in [0.2, 0.25) is 0 Å². The molecule has 102 valence electrons. The molecule has 0 spiro atoms. The zero-order chi connectivity index (χ0) is 13.8. The summed E-state index contributed by atoms with van der Waals surface area (Å²) < 4.78 is 5.15. The van der Waals surface area contributed by atoms with Crippen LogP contribution >= 0.6 is 0 Å². The highest BCUT2D eigenvalue weighted by Gasteiger charge is 2.21. The van der Waals surface area contributed by atoms with Gasteiger partial charge >= 0.3 is 0 Å². The van der Waals surface area contributed by atoms with E-state index < -0.39 is 5.60 Å². The van der Waals surface area contributed by atoms with Crippen molar-refractivity contribution in [2.75, 3.05) is 45.3 Å². The fourth-order valence-corrected chi connectivity index (χ4v) is 1.90. The van der Waals surface area contributed by atoms with Gasteiger partial charge in [-0.25, -0.2) is 0 Å². The maximum atomic E-state index is 10.2. The molecule has 4 N–H and O–H groups in total. The van der Waals surface area contributed by atoms with Crippen LogP contribution in [0.4, 0.5) is 11.4 Å². The van der Waals surface area contributed by atoms with Gasteiger partial charge in [-0.3, -0.25) is 0 Å². The van der Waals surface area contributed by atoms with E-state index in [9.17, 15) is 5.11 Å². The first kappa shape index (κ1) is 14.6. The molecule has 0 aliphatic carbocycles. The number of nitrogens with two attached hydrogens (primary N) is 1. The molecule has 1 unspecified atom stereocenters. The Kier molecular flexibility index (Phi) is 4.81. The predicted molar refractivity (Wildman–Crippen MR) is 75.1 cm³/mol. The highest BCUT2D eigenvalue weighted by molar-refractivity contribution is 5.72. The van der Waals surface area contributed by atoms with Crippen LogP contribution in [-0.4, -0.2) is 49.9 Å². The minimum absolute atomic E-state index is 0.419. The van der Waals surface area contributed by atoms with Crippen LogP contribution in [0, 0.1) is 0 Å². The van der Waals surface area contributed by atoms with E-state index in [1.807, 2.05) is 31.1 Å². The Morgan fingerprint density at radius 1 is 1.44 bits per heavy atom. The number of anilines is 2. The van der Waals surface area contributed by atoms with E-state index in [0.29, 0.717) is 24.5 Å². The van der Waals surface area contributed by atoms with Crippen molar-refractivity contribution in [3.63, 3.8) is 0 Å². The summed E-state index contributed by atoms with van der Waals surface area (Å²) in [5.74, 6) is 0.632. The van der Waals surface area contributed by atoms with E-state index in [0.717, 1.165) is 5.69 Å². The molecule has 0 bridgehead atoms. The molecular formula is C13H23N3O2. The topological polar surface area (TPSA) is 70.8 Å². The fraction of sp³-hybridized carbons (Fsp3) is 0.538. The molecule has 0 aliphatic heterocycles. The Hall–Kier alpha value is -1.46. The van der Waals surface area contributed by atoms with E-state index in [1.165, 1.54) is 0 Å². The summed E-state index contributed by atoms with van der Waals surface area (Å²) in [5.41, 5.74) is 6.45. The molecule has 5 heteroatoms. The monoisotopic (exact) mass is 253 g/mol. The second-order valence-electron chi connectivity index (χ2n) is 5.01. The minimum atomic E-state index is -0.820. The van der Waals surface area contributed by atoms with Crippen LogP contribution in [0.3, 0.4) is 0 Å².